The predicted molar refractivity (Wildman–Crippen MR) is 64.8 cm³/mol. The highest BCUT2D eigenvalue weighted by Gasteiger charge is 2.24. The van der Waals surface area contributed by atoms with E-state index in [1.54, 1.807) is 0 Å². The van der Waals surface area contributed by atoms with E-state index in [0.717, 1.165) is 30.4 Å². The molecule has 2 nitrogen and oxygen atoms in total. The van der Waals surface area contributed by atoms with Crippen LogP contribution in [0.5, 0.6) is 0 Å². The number of rotatable bonds is 3. The van der Waals surface area contributed by atoms with Crippen molar-refractivity contribution < 1.29 is 5.11 Å². The Labute approximate surface area is 98.8 Å². The van der Waals surface area contributed by atoms with Gasteiger partial charge in [-0.2, -0.15) is 0 Å². The molecule has 0 radical (unpaired) electrons. The molecule has 1 saturated heterocycles. The van der Waals surface area contributed by atoms with E-state index in [4.69, 9.17) is 0 Å². The highest BCUT2D eigenvalue weighted by molar-refractivity contribution is 9.10. The Morgan fingerprint density at radius 2 is 2.27 bits per heavy atom. The van der Waals surface area contributed by atoms with Gasteiger partial charge in [-0.3, -0.25) is 0 Å². The van der Waals surface area contributed by atoms with Crippen LogP contribution in [-0.4, -0.2) is 24.3 Å². The number of halogens is 1. The fourth-order valence-electron chi connectivity index (χ4n) is 2.06. The van der Waals surface area contributed by atoms with Gasteiger partial charge in [0.15, 0.2) is 0 Å². The van der Waals surface area contributed by atoms with E-state index in [1.165, 1.54) is 5.56 Å². The summed E-state index contributed by atoms with van der Waals surface area (Å²) < 4.78 is 1.13. The molecule has 0 aliphatic carbocycles. The Morgan fingerprint density at radius 3 is 2.93 bits per heavy atom. The van der Waals surface area contributed by atoms with Crippen molar-refractivity contribution in [3.63, 3.8) is 0 Å². The van der Waals surface area contributed by atoms with Crippen LogP contribution in [0.4, 0.5) is 0 Å². The lowest BCUT2D eigenvalue weighted by Crippen LogP contribution is -2.18. The minimum absolute atomic E-state index is 0.155. The van der Waals surface area contributed by atoms with Crippen molar-refractivity contribution in [3.05, 3.63) is 34.3 Å². The topological polar surface area (TPSA) is 32.3 Å². The first kappa shape index (κ1) is 11.1. The normalized spacial score (nSPS) is 25.7. The molecule has 1 heterocycles. The Balaban J connectivity index is 1.87. The summed E-state index contributed by atoms with van der Waals surface area (Å²) in [6.07, 6.45) is 1.95. The molecule has 0 aromatic heterocycles. The summed E-state index contributed by atoms with van der Waals surface area (Å²) in [7, 11) is 0. The van der Waals surface area contributed by atoms with Crippen molar-refractivity contribution in [2.24, 2.45) is 5.92 Å². The zero-order valence-corrected chi connectivity index (χ0v) is 10.2. The van der Waals surface area contributed by atoms with Crippen molar-refractivity contribution in [1.29, 1.82) is 0 Å². The fraction of sp³-hybridized carbons (Fsp3) is 0.500. The maximum absolute atomic E-state index is 9.65. The smallest absolute Gasteiger partial charge is 0.0704 e. The van der Waals surface area contributed by atoms with Crippen molar-refractivity contribution >= 4 is 15.9 Å². The van der Waals surface area contributed by atoms with Crippen molar-refractivity contribution in [3.8, 4) is 0 Å². The molecule has 1 fully saturated rings. The van der Waals surface area contributed by atoms with Crippen molar-refractivity contribution in [2.45, 2.75) is 18.9 Å². The van der Waals surface area contributed by atoms with Gasteiger partial charge in [-0.15, -0.1) is 0 Å². The van der Waals surface area contributed by atoms with Crippen LogP contribution in [0.1, 0.15) is 12.0 Å². The van der Waals surface area contributed by atoms with Gasteiger partial charge < -0.3 is 10.4 Å². The minimum atomic E-state index is -0.155. The zero-order valence-electron chi connectivity index (χ0n) is 8.62. The number of hydrogen-bond donors (Lipinski definition) is 2. The Bertz CT molecular complexity index is 329. The summed E-state index contributed by atoms with van der Waals surface area (Å²) >= 11 is 3.47. The standard InChI is InChI=1S/C12H16BrNO/c13-11-3-1-2-9(6-11)4-5-10-7-14-8-12(10)15/h1-3,6,10,12,14-15H,4-5,7-8H2. The van der Waals surface area contributed by atoms with Crippen LogP contribution in [0.3, 0.4) is 0 Å². The lowest BCUT2D eigenvalue weighted by molar-refractivity contribution is 0.143. The molecule has 82 valence electrons. The van der Waals surface area contributed by atoms with E-state index >= 15 is 0 Å². The molecule has 0 saturated carbocycles. The van der Waals surface area contributed by atoms with E-state index in [-0.39, 0.29) is 6.10 Å². The van der Waals surface area contributed by atoms with Crippen LogP contribution in [-0.2, 0) is 6.42 Å². The largest absolute Gasteiger partial charge is 0.391 e. The van der Waals surface area contributed by atoms with Gasteiger partial charge in [0.1, 0.15) is 0 Å². The molecule has 2 N–H and O–H groups in total. The molecular weight excluding hydrogens is 254 g/mol. The summed E-state index contributed by atoms with van der Waals surface area (Å²) in [5.41, 5.74) is 1.34. The van der Waals surface area contributed by atoms with Gasteiger partial charge in [0, 0.05) is 17.6 Å². The van der Waals surface area contributed by atoms with Gasteiger partial charge >= 0.3 is 0 Å². The number of aryl methyl sites for hydroxylation is 1. The second kappa shape index (κ2) is 5.10. The maximum Gasteiger partial charge on any atom is 0.0704 e. The molecule has 0 amide bonds. The van der Waals surface area contributed by atoms with Gasteiger partial charge in [0.05, 0.1) is 6.10 Å². The molecule has 2 atom stereocenters. The van der Waals surface area contributed by atoms with Crippen molar-refractivity contribution in [2.75, 3.05) is 13.1 Å². The first-order valence-corrected chi connectivity index (χ1v) is 6.18. The van der Waals surface area contributed by atoms with E-state index < -0.39 is 0 Å². The highest BCUT2D eigenvalue weighted by atomic mass is 79.9. The van der Waals surface area contributed by atoms with Gasteiger partial charge in [-0.1, -0.05) is 28.1 Å². The molecule has 15 heavy (non-hydrogen) atoms. The van der Waals surface area contributed by atoms with E-state index in [2.05, 4.69) is 39.4 Å². The zero-order chi connectivity index (χ0) is 10.7. The van der Waals surface area contributed by atoms with Crippen molar-refractivity contribution in [1.82, 2.24) is 5.32 Å². The third-order valence-corrected chi connectivity index (χ3v) is 3.49. The van der Waals surface area contributed by atoms with E-state index in [9.17, 15) is 5.11 Å². The second-order valence-corrected chi connectivity index (χ2v) is 5.07. The second-order valence-electron chi connectivity index (χ2n) is 4.15. The molecule has 1 aromatic carbocycles. The number of aliphatic hydroxyl groups is 1. The number of benzene rings is 1. The van der Waals surface area contributed by atoms with Crippen LogP contribution in [0.15, 0.2) is 28.7 Å². The fourth-order valence-corrected chi connectivity index (χ4v) is 2.50. The molecule has 3 heteroatoms. The monoisotopic (exact) mass is 269 g/mol. The number of aliphatic hydroxyl groups excluding tert-OH is 1. The van der Waals surface area contributed by atoms with Gasteiger partial charge in [-0.05, 0) is 36.5 Å². The molecule has 0 spiro atoms. The predicted octanol–water partition coefficient (Wildman–Crippen LogP) is 1.96. The lowest BCUT2D eigenvalue weighted by atomic mass is 9.97. The first-order valence-electron chi connectivity index (χ1n) is 5.39. The molecule has 2 rings (SSSR count). The summed E-state index contributed by atoms with van der Waals surface area (Å²) in [5, 5.41) is 12.9. The van der Waals surface area contributed by atoms with Gasteiger partial charge in [-0.25, -0.2) is 0 Å². The molecule has 2 unspecified atom stereocenters. The average Bonchev–Trinajstić information content (AvgIpc) is 2.61. The van der Waals surface area contributed by atoms with Crippen LogP contribution in [0, 0.1) is 5.92 Å². The van der Waals surface area contributed by atoms with E-state index in [1.807, 2.05) is 6.07 Å². The number of β-amino-alcohol motifs (C(OH)–C–C–N with tert-alkyl or cyclic N) is 1. The van der Waals surface area contributed by atoms with Gasteiger partial charge in [0.2, 0.25) is 0 Å². The van der Waals surface area contributed by atoms with Crippen LogP contribution in [0.2, 0.25) is 0 Å². The Hall–Kier alpha value is -0.380. The first-order chi connectivity index (χ1) is 7.25. The molecule has 0 bridgehead atoms. The SMILES string of the molecule is OC1CNCC1CCc1cccc(Br)c1. The van der Waals surface area contributed by atoms with Crippen LogP contribution < -0.4 is 5.32 Å². The number of nitrogens with one attached hydrogen (secondary N) is 1. The number of hydrogen-bond acceptors (Lipinski definition) is 2. The summed E-state index contributed by atoms with van der Waals surface area (Å²) in [6.45, 7) is 1.71. The maximum atomic E-state index is 9.65. The molecule has 1 aliphatic rings. The lowest BCUT2D eigenvalue weighted by Gasteiger charge is -2.12. The highest BCUT2D eigenvalue weighted by Crippen LogP contribution is 2.18. The third kappa shape index (κ3) is 3.03. The van der Waals surface area contributed by atoms with Gasteiger partial charge in [0.25, 0.3) is 0 Å². The Morgan fingerprint density at radius 1 is 1.40 bits per heavy atom. The molecular formula is C12H16BrNO. The summed E-state index contributed by atoms with van der Waals surface area (Å²) in [5.74, 6) is 0.420. The minimum Gasteiger partial charge on any atom is -0.391 e. The van der Waals surface area contributed by atoms with E-state index in [0.29, 0.717) is 5.92 Å². The summed E-state index contributed by atoms with van der Waals surface area (Å²) in [4.78, 5) is 0. The summed E-state index contributed by atoms with van der Waals surface area (Å²) in [6, 6.07) is 8.38. The quantitative estimate of drug-likeness (QED) is 0.880. The Kier molecular flexibility index (Phi) is 3.78. The van der Waals surface area contributed by atoms with Crippen LogP contribution >= 0.6 is 15.9 Å². The average molecular weight is 270 g/mol. The van der Waals surface area contributed by atoms with Crippen LogP contribution in [0.25, 0.3) is 0 Å². The third-order valence-electron chi connectivity index (χ3n) is 3.00. The molecule has 1 aliphatic heterocycles. The molecule has 1 aromatic rings.